The molecule has 8 nitrogen and oxygen atoms in total. The molecule has 0 aliphatic carbocycles. The number of unbranched alkanes of at least 4 members (excludes halogenated alkanes) is 12. The maximum atomic E-state index is 12.7. The van der Waals surface area contributed by atoms with Crippen molar-refractivity contribution in [1.82, 2.24) is 0 Å². The summed E-state index contributed by atoms with van der Waals surface area (Å²) in [4.78, 5) is 36.8. The zero-order chi connectivity index (χ0) is 38.5. The maximum Gasteiger partial charge on any atom is 0.362 e. The monoisotopic (exact) mass is 729 g/mol. The molecule has 52 heavy (non-hydrogen) atoms. The van der Waals surface area contributed by atoms with E-state index in [2.05, 4.69) is 74.6 Å². The van der Waals surface area contributed by atoms with E-state index in [4.69, 9.17) is 14.2 Å². The highest BCUT2D eigenvalue weighted by Gasteiger charge is 2.31. The molecule has 0 aromatic rings. The summed E-state index contributed by atoms with van der Waals surface area (Å²) in [5, 5.41) is 9.59. The molecular formula is C44H74NO7+. The number of carboxylic acid groups (broad SMARTS) is 1. The lowest BCUT2D eigenvalue weighted by Gasteiger charge is -2.31. The van der Waals surface area contributed by atoms with E-state index in [9.17, 15) is 19.5 Å². The first-order valence-electron chi connectivity index (χ1n) is 20.0. The van der Waals surface area contributed by atoms with Crippen LogP contribution in [0.1, 0.15) is 136 Å². The normalized spacial score (nSPS) is 13.8. The molecule has 2 atom stereocenters. The minimum absolute atomic E-state index is 0.0445. The Morgan fingerprint density at radius 2 is 1.02 bits per heavy atom. The molecule has 0 aliphatic rings. The summed E-state index contributed by atoms with van der Waals surface area (Å²) in [5.41, 5.74) is 0. The average Bonchev–Trinajstić information content (AvgIpc) is 3.09. The first-order valence-corrected chi connectivity index (χ1v) is 20.0. The summed E-state index contributed by atoms with van der Waals surface area (Å²) in [6.07, 6.45) is 42.3. The van der Waals surface area contributed by atoms with Gasteiger partial charge in [-0.2, -0.15) is 0 Å². The van der Waals surface area contributed by atoms with E-state index < -0.39 is 18.1 Å². The molecule has 0 saturated carbocycles. The largest absolute Gasteiger partial charge is 0.477 e. The topological polar surface area (TPSA) is 99.1 Å². The third-order valence-electron chi connectivity index (χ3n) is 8.47. The maximum absolute atomic E-state index is 12.7. The molecule has 0 aromatic heterocycles. The zero-order valence-corrected chi connectivity index (χ0v) is 33.5. The van der Waals surface area contributed by atoms with Gasteiger partial charge in [-0.1, -0.05) is 138 Å². The Morgan fingerprint density at radius 3 is 1.48 bits per heavy atom. The van der Waals surface area contributed by atoms with E-state index in [1.807, 2.05) is 33.3 Å². The number of hydrogen-bond acceptors (Lipinski definition) is 6. The van der Waals surface area contributed by atoms with Crippen molar-refractivity contribution < 1.29 is 38.2 Å². The zero-order valence-electron chi connectivity index (χ0n) is 33.5. The van der Waals surface area contributed by atoms with Crippen molar-refractivity contribution in [3.05, 3.63) is 72.9 Å². The number of nitrogens with zero attached hydrogens (tertiary/aromatic N) is 1. The van der Waals surface area contributed by atoms with Crippen molar-refractivity contribution in [2.24, 2.45) is 0 Å². The van der Waals surface area contributed by atoms with Gasteiger partial charge in [-0.25, -0.2) is 4.79 Å². The van der Waals surface area contributed by atoms with Crippen LogP contribution in [-0.2, 0) is 28.6 Å². The Morgan fingerprint density at radius 1 is 0.577 bits per heavy atom. The van der Waals surface area contributed by atoms with E-state index in [-0.39, 0.29) is 36.2 Å². The molecule has 2 unspecified atom stereocenters. The van der Waals surface area contributed by atoms with Gasteiger partial charge in [-0.3, -0.25) is 9.59 Å². The number of carbonyl (C=O) groups excluding carboxylic acids is 2. The molecule has 0 amide bonds. The molecule has 0 spiro atoms. The van der Waals surface area contributed by atoms with Crippen LogP contribution in [0, 0.1) is 0 Å². The summed E-state index contributed by atoms with van der Waals surface area (Å²) in [6.45, 7) is 4.41. The van der Waals surface area contributed by atoms with Crippen LogP contribution in [0.3, 0.4) is 0 Å². The number of hydrogen-bond donors (Lipinski definition) is 1. The van der Waals surface area contributed by atoms with E-state index in [1.54, 1.807) is 0 Å². The average molecular weight is 729 g/mol. The smallest absolute Gasteiger partial charge is 0.362 e. The summed E-state index contributed by atoms with van der Waals surface area (Å²) < 4.78 is 17.2. The van der Waals surface area contributed by atoms with Crippen molar-refractivity contribution in [2.75, 3.05) is 41.0 Å². The summed E-state index contributed by atoms with van der Waals surface area (Å²) in [5.74, 6) is -1.52. The van der Waals surface area contributed by atoms with Crippen molar-refractivity contribution in [3.8, 4) is 0 Å². The van der Waals surface area contributed by atoms with Gasteiger partial charge in [0.1, 0.15) is 6.61 Å². The van der Waals surface area contributed by atoms with Crippen LogP contribution < -0.4 is 0 Å². The third kappa shape index (κ3) is 32.7. The number of likely N-dealkylation sites (N-methyl/N-ethyl adjacent to an activating group) is 1. The predicted molar refractivity (Wildman–Crippen MR) is 215 cm³/mol. The van der Waals surface area contributed by atoms with Crippen LogP contribution in [-0.4, -0.2) is 80.6 Å². The van der Waals surface area contributed by atoms with Gasteiger partial charge in [0, 0.05) is 19.3 Å². The van der Waals surface area contributed by atoms with Gasteiger partial charge < -0.3 is 23.8 Å². The van der Waals surface area contributed by atoms with E-state index in [1.165, 1.54) is 25.7 Å². The molecule has 0 heterocycles. The second kappa shape index (κ2) is 34.8. The molecule has 0 radical (unpaired) electrons. The molecular weight excluding hydrogens is 654 g/mol. The van der Waals surface area contributed by atoms with E-state index in [0.29, 0.717) is 19.3 Å². The van der Waals surface area contributed by atoms with Gasteiger partial charge in [-0.15, -0.1) is 0 Å². The minimum atomic E-state index is -0.885. The molecule has 0 bridgehead atoms. The molecule has 296 valence electrons. The first kappa shape index (κ1) is 48.8. The van der Waals surface area contributed by atoms with Crippen molar-refractivity contribution >= 4 is 17.9 Å². The van der Waals surface area contributed by atoms with Crippen LogP contribution in [0.4, 0.5) is 0 Å². The number of aliphatic carboxylic acids is 1. The number of esters is 2. The molecule has 8 heteroatoms. The SMILES string of the molecule is CC/C=C/C=C/C=C/CCCCCCCCCC(=O)OCC(COCCC(C(=O)O)[N+](C)(C)C)OC(=O)CCCCCCC/C=C/C=C/C=C/CC. The highest BCUT2D eigenvalue weighted by Crippen LogP contribution is 2.13. The lowest BCUT2D eigenvalue weighted by atomic mass is 10.1. The number of allylic oxidation sites excluding steroid dienone is 12. The van der Waals surface area contributed by atoms with Crippen LogP contribution in [0.15, 0.2) is 72.9 Å². The predicted octanol–water partition coefficient (Wildman–Crippen LogP) is 10.4. The Hall–Kier alpha value is -3.23. The highest BCUT2D eigenvalue weighted by atomic mass is 16.6. The molecule has 0 saturated heterocycles. The summed E-state index contributed by atoms with van der Waals surface area (Å²) in [6, 6.07) is -0.623. The van der Waals surface area contributed by atoms with Crippen LogP contribution in [0.2, 0.25) is 0 Å². The molecule has 0 fully saturated rings. The van der Waals surface area contributed by atoms with E-state index >= 15 is 0 Å². The van der Waals surface area contributed by atoms with Gasteiger partial charge in [0.05, 0.1) is 34.4 Å². The molecule has 1 N–H and O–H groups in total. The van der Waals surface area contributed by atoms with Crippen LogP contribution in [0.5, 0.6) is 0 Å². The lowest BCUT2D eigenvalue weighted by molar-refractivity contribution is -0.887. The molecule has 0 aromatic carbocycles. The second-order valence-electron chi connectivity index (χ2n) is 14.2. The molecule has 0 rings (SSSR count). The number of ether oxygens (including phenoxy) is 3. The second-order valence-corrected chi connectivity index (χ2v) is 14.2. The summed E-state index contributed by atoms with van der Waals surface area (Å²) >= 11 is 0. The first-order chi connectivity index (χ1) is 25.1. The highest BCUT2D eigenvalue weighted by molar-refractivity contribution is 5.72. The number of quaternary nitrogens is 1. The minimum Gasteiger partial charge on any atom is -0.477 e. The quantitative estimate of drug-likeness (QED) is 0.0305. The van der Waals surface area contributed by atoms with Crippen LogP contribution in [0.25, 0.3) is 0 Å². The van der Waals surface area contributed by atoms with Crippen molar-refractivity contribution in [1.29, 1.82) is 0 Å². The number of carbonyl (C=O) groups is 3. The third-order valence-corrected chi connectivity index (χ3v) is 8.47. The lowest BCUT2D eigenvalue weighted by Crippen LogP contribution is -2.50. The standard InChI is InChI=1S/C44H73NO7/c1-6-8-10-12-14-16-18-20-21-23-24-26-28-30-32-34-42(46)51-39-40(38-50-37-36-41(44(48)49)45(3,4)5)52-43(47)35-33-31-29-27-25-22-19-17-15-13-11-9-7-2/h8-19,40-41H,6-7,20-39H2,1-5H3/p+1/b10-8+,11-9+,14-12+,15-13+,18-16+,19-17+. The fraction of sp³-hybridized carbons (Fsp3) is 0.659. The number of rotatable bonds is 34. The fourth-order valence-corrected chi connectivity index (χ4v) is 5.38. The van der Waals surface area contributed by atoms with Gasteiger partial charge >= 0.3 is 17.9 Å². The summed E-state index contributed by atoms with van der Waals surface area (Å²) in [7, 11) is 5.50. The Labute approximate surface area is 317 Å². The Balaban J connectivity index is 4.45. The fourth-order valence-electron chi connectivity index (χ4n) is 5.38. The van der Waals surface area contributed by atoms with Gasteiger partial charge in [0.25, 0.3) is 0 Å². The van der Waals surface area contributed by atoms with Crippen molar-refractivity contribution in [3.63, 3.8) is 0 Å². The Bertz CT molecular complexity index is 1080. The van der Waals surface area contributed by atoms with E-state index in [0.717, 1.165) is 77.0 Å². The number of carboxylic acids is 1. The van der Waals surface area contributed by atoms with Crippen molar-refractivity contribution in [2.45, 2.75) is 148 Å². The Kier molecular flexibility index (Phi) is 32.7. The van der Waals surface area contributed by atoms with Gasteiger partial charge in [-0.05, 0) is 51.4 Å². The van der Waals surface area contributed by atoms with Crippen LogP contribution >= 0.6 is 0 Å². The van der Waals surface area contributed by atoms with Gasteiger partial charge in [0.2, 0.25) is 0 Å². The van der Waals surface area contributed by atoms with Gasteiger partial charge in [0.15, 0.2) is 12.1 Å². The molecule has 0 aliphatic heterocycles.